The van der Waals surface area contributed by atoms with Crippen molar-refractivity contribution in [1.82, 2.24) is 14.7 Å². The summed E-state index contributed by atoms with van der Waals surface area (Å²) in [5.41, 5.74) is 5.72. The van der Waals surface area contributed by atoms with E-state index in [1.165, 1.54) is 22.3 Å². The molecular formula is C26H33N3O6S2. The first-order valence-corrected chi connectivity index (χ1v) is 15.6. The van der Waals surface area contributed by atoms with E-state index in [9.17, 15) is 21.6 Å². The second-order valence-electron chi connectivity index (χ2n) is 9.83. The maximum Gasteiger partial charge on any atom is 0.264 e. The predicted octanol–water partition coefficient (Wildman–Crippen LogP) is 2.54. The zero-order valence-corrected chi connectivity index (χ0v) is 22.7. The largest absolute Gasteiger partial charge is 0.299 e. The molecule has 1 atom stereocenters. The van der Waals surface area contributed by atoms with Gasteiger partial charge in [0.2, 0.25) is 10.0 Å². The zero-order valence-electron chi connectivity index (χ0n) is 21.1. The lowest BCUT2D eigenvalue weighted by molar-refractivity contribution is -0.131. The Balaban J connectivity index is 1.38. The molecule has 37 heavy (non-hydrogen) atoms. The first-order valence-electron chi connectivity index (χ1n) is 12.2. The van der Waals surface area contributed by atoms with Crippen molar-refractivity contribution < 1.29 is 26.8 Å². The summed E-state index contributed by atoms with van der Waals surface area (Å²) in [6.45, 7) is 4.26. The molecule has 1 unspecified atom stereocenters. The van der Waals surface area contributed by atoms with Crippen molar-refractivity contribution >= 4 is 31.3 Å². The number of nitrogens with one attached hydrogen (secondary N) is 1. The molecule has 0 bridgehead atoms. The molecule has 2 aromatic carbocycles. The molecule has 9 nitrogen and oxygen atoms in total. The van der Waals surface area contributed by atoms with Crippen LogP contribution in [0.5, 0.6) is 0 Å². The van der Waals surface area contributed by atoms with Gasteiger partial charge in [0.1, 0.15) is 0 Å². The van der Waals surface area contributed by atoms with Crippen LogP contribution in [0.1, 0.15) is 31.7 Å². The molecule has 1 saturated heterocycles. The Morgan fingerprint density at radius 2 is 1.51 bits per heavy atom. The minimum Gasteiger partial charge on any atom is -0.299 e. The van der Waals surface area contributed by atoms with Crippen LogP contribution in [0.25, 0.3) is 16.7 Å². The van der Waals surface area contributed by atoms with Crippen LogP contribution in [0.3, 0.4) is 0 Å². The highest BCUT2D eigenvalue weighted by atomic mass is 32.2. The van der Waals surface area contributed by atoms with E-state index in [0.29, 0.717) is 31.1 Å². The lowest BCUT2D eigenvalue weighted by Crippen LogP contribution is -2.51. The molecule has 2 aliphatic rings. The molecule has 0 aliphatic carbocycles. The van der Waals surface area contributed by atoms with Gasteiger partial charge >= 0.3 is 0 Å². The Labute approximate surface area is 218 Å². The van der Waals surface area contributed by atoms with E-state index in [2.05, 4.69) is 11.0 Å². The molecule has 0 saturated carbocycles. The standard InChI is InChI=1S/C26H33N3O6S2/c1-26(25(30)27-31,36(2,32)33)14-19-28-17-12-23(13-18-28)21-6-4-20(5-7-21)22-8-10-24(11-9-22)37(34,35)29-15-3-16-29/h4-12,31H,3,13-19H2,1-2H3,(H,27,30). The monoisotopic (exact) mass is 547 g/mol. The van der Waals surface area contributed by atoms with Crippen molar-refractivity contribution in [1.29, 1.82) is 0 Å². The van der Waals surface area contributed by atoms with Crippen LogP contribution < -0.4 is 5.48 Å². The van der Waals surface area contributed by atoms with E-state index in [1.807, 2.05) is 36.4 Å². The second-order valence-corrected chi connectivity index (χ2v) is 14.2. The van der Waals surface area contributed by atoms with Gasteiger partial charge in [-0.15, -0.1) is 0 Å². The van der Waals surface area contributed by atoms with Crippen molar-refractivity contribution in [3.63, 3.8) is 0 Å². The van der Waals surface area contributed by atoms with E-state index >= 15 is 0 Å². The van der Waals surface area contributed by atoms with Gasteiger partial charge in [0.05, 0.1) is 4.90 Å². The highest BCUT2D eigenvalue weighted by molar-refractivity contribution is 7.92. The van der Waals surface area contributed by atoms with Crippen LogP contribution in [-0.4, -0.2) is 80.9 Å². The fourth-order valence-electron chi connectivity index (χ4n) is 4.51. The number of carbonyl (C=O) groups excluding carboxylic acids is 1. The number of benzene rings is 2. The molecule has 0 spiro atoms. The van der Waals surface area contributed by atoms with Gasteiger partial charge in [0.15, 0.2) is 14.6 Å². The molecule has 11 heteroatoms. The van der Waals surface area contributed by atoms with E-state index in [1.54, 1.807) is 12.1 Å². The lowest BCUT2D eigenvalue weighted by Gasteiger charge is -2.31. The van der Waals surface area contributed by atoms with Gasteiger partial charge in [0, 0.05) is 39.0 Å². The number of nitrogens with zero attached hydrogens (tertiary/aromatic N) is 2. The summed E-state index contributed by atoms with van der Waals surface area (Å²) in [5.74, 6) is -0.921. The number of sulfonamides is 1. The number of rotatable bonds is 9. The highest BCUT2D eigenvalue weighted by Crippen LogP contribution is 2.29. The fraction of sp³-hybridized carbons (Fsp3) is 0.423. The summed E-state index contributed by atoms with van der Waals surface area (Å²) in [7, 11) is -7.11. The first kappa shape index (κ1) is 27.5. The second kappa shape index (κ2) is 10.7. The van der Waals surface area contributed by atoms with E-state index < -0.39 is 30.5 Å². The van der Waals surface area contributed by atoms with E-state index in [-0.39, 0.29) is 6.42 Å². The van der Waals surface area contributed by atoms with E-state index in [4.69, 9.17) is 5.21 Å². The molecule has 0 aromatic heterocycles. The van der Waals surface area contributed by atoms with Gasteiger partial charge in [-0.3, -0.25) is 14.9 Å². The molecular weight excluding hydrogens is 514 g/mol. The Hall–Kier alpha value is -2.57. The molecule has 1 amide bonds. The minimum atomic E-state index is -3.72. The van der Waals surface area contributed by atoms with Crippen molar-refractivity contribution in [2.75, 3.05) is 39.0 Å². The predicted molar refractivity (Wildman–Crippen MR) is 142 cm³/mol. The normalized spacial score (nSPS) is 18.9. The number of hydrogen-bond donors (Lipinski definition) is 2. The third-order valence-electron chi connectivity index (χ3n) is 7.49. The zero-order chi connectivity index (χ0) is 26.8. The maximum absolute atomic E-state index is 12.5. The van der Waals surface area contributed by atoms with E-state index in [0.717, 1.165) is 42.3 Å². The Kier molecular flexibility index (Phi) is 7.91. The van der Waals surface area contributed by atoms with Crippen LogP contribution in [0.2, 0.25) is 0 Å². The molecule has 2 aliphatic heterocycles. The van der Waals surface area contributed by atoms with Crippen LogP contribution in [0.4, 0.5) is 0 Å². The number of amides is 1. The van der Waals surface area contributed by atoms with Gasteiger partial charge < -0.3 is 0 Å². The first-order chi connectivity index (χ1) is 17.5. The molecule has 200 valence electrons. The van der Waals surface area contributed by atoms with Crippen LogP contribution in [-0.2, 0) is 24.7 Å². The molecule has 1 fully saturated rings. The molecule has 4 rings (SSSR count). The third-order valence-corrected chi connectivity index (χ3v) is 11.4. The van der Waals surface area contributed by atoms with Gasteiger partial charge in [-0.2, -0.15) is 4.31 Å². The Bertz CT molecular complexity index is 1380. The van der Waals surface area contributed by atoms with Crippen molar-refractivity contribution in [3.8, 4) is 11.1 Å². The summed E-state index contributed by atoms with van der Waals surface area (Å²) in [4.78, 5) is 14.4. The van der Waals surface area contributed by atoms with Gasteiger partial charge in [-0.1, -0.05) is 42.5 Å². The summed E-state index contributed by atoms with van der Waals surface area (Å²) < 4.78 is 49.2. The smallest absolute Gasteiger partial charge is 0.264 e. The van der Waals surface area contributed by atoms with Gasteiger partial charge in [-0.25, -0.2) is 22.3 Å². The average molecular weight is 548 g/mol. The minimum absolute atomic E-state index is 0.0776. The lowest BCUT2D eigenvalue weighted by atomic mass is 9.96. The quantitative estimate of drug-likeness (QED) is 0.365. The van der Waals surface area contributed by atoms with Crippen molar-refractivity contribution in [2.24, 2.45) is 0 Å². The number of carbonyl (C=O) groups is 1. The Morgan fingerprint density at radius 3 is 1.97 bits per heavy atom. The SMILES string of the molecule is CC(CCN1CC=C(c2ccc(-c3ccc(S(=O)(=O)N4CCC4)cc3)cc2)CC1)(C(=O)NO)S(C)(=O)=O. The van der Waals surface area contributed by atoms with Gasteiger partial charge in [0.25, 0.3) is 5.91 Å². The maximum atomic E-state index is 12.5. The molecule has 0 radical (unpaired) electrons. The fourth-order valence-corrected chi connectivity index (χ4v) is 6.87. The molecule has 2 N–H and O–H groups in total. The summed E-state index contributed by atoms with van der Waals surface area (Å²) in [5, 5.41) is 8.99. The molecule has 2 heterocycles. The van der Waals surface area contributed by atoms with Crippen LogP contribution in [0.15, 0.2) is 59.5 Å². The van der Waals surface area contributed by atoms with Gasteiger partial charge in [-0.05, 0) is 60.6 Å². The summed E-state index contributed by atoms with van der Waals surface area (Å²) in [6, 6.07) is 15.1. The summed E-state index contributed by atoms with van der Waals surface area (Å²) in [6.07, 6.45) is 4.88. The third kappa shape index (κ3) is 5.65. The van der Waals surface area contributed by atoms with Crippen molar-refractivity contribution in [2.45, 2.75) is 35.8 Å². The topological polar surface area (TPSA) is 124 Å². The highest BCUT2D eigenvalue weighted by Gasteiger charge is 2.43. The van der Waals surface area contributed by atoms with Crippen molar-refractivity contribution in [3.05, 3.63) is 60.2 Å². The molecule has 2 aromatic rings. The average Bonchev–Trinajstić information content (AvgIpc) is 2.85. The summed E-state index contributed by atoms with van der Waals surface area (Å²) >= 11 is 0. The van der Waals surface area contributed by atoms with Crippen LogP contribution >= 0.6 is 0 Å². The van der Waals surface area contributed by atoms with Crippen LogP contribution in [0, 0.1) is 0 Å². The number of hydroxylamine groups is 1. The Morgan fingerprint density at radius 1 is 0.946 bits per heavy atom. The number of sulfone groups is 1. The number of hydrogen-bond acceptors (Lipinski definition) is 7.